The monoisotopic (exact) mass is 560 g/mol. The van der Waals surface area contributed by atoms with Gasteiger partial charge in [-0.15, -0.1) is 0 Å². The third-order valence-electron chi connectivity index (χ3n) is 7.07. The Labute approximate surface area is 245 Å². The van der Waals surface area contributed by atoms with Crippen LogP contribution in [0.3, 0.4) is 0 Å². The number of para-hydroxylation sites is 5. The second kappa shape index (κ2) is 12.5. The molecule has 8 heteroatoms. The van der Waals surface area contributed by atoms with Gasteiger partial charge in [0.2, 0.25) is 23.6 Å². The Morgan fingerprint density at radius 3 is 1.90 bits per heavy atom. The van der Waals surface area contributed by atoms with Crippen LogP contribution in [0.4, 0.5) is 28.4 Å². The first-order chi connectivity index (χ1) is 20.3. The molecule has 1 aliphatic heterocycles. The number of hydrogen-bond acceptors (Lipinski definition) is 4. The van der Waals surface area contributed by atoms with Gasteiger partial charge in [-0.1, -0.05) is 66.7 Å². The Kier molecular flexibility index (Phi) is 8.43. The van der Waals surface area contributed by atoms with E-state index in [1.54, 1.807) is 77.7 Å². The highest BCUT2D eigenvalue weighted by Crippen LogP contribution is 2.40. The molecule has 1 aliphatic rings. The van der Waals surface area contributed by atoms with Crippen LogP contribution in [0.25, 0.3) is 0 Å². The largest absolute Gasteiger partial charge is 0.326 e. The van der Waals surface area contributed by atoms with Gasteiger partial charge in [0.1, 0.15) is 12.5 Å². The number of nitrogens with zero attached hydrogens (tertiary/aromatic N) is 3. The average molecular weight is 561 g/mol. The van der Waals surface area contributed by atoms with E-state index in [4.69, 9.17) is 0 Å². The minimum atomic E-state index is -1.36. The summed E-state index contributed by atoms with van der Waals surface area (Å²) in [5.74, 6) is -3.31. The molecule has 8 nitrogen and oxygen atoms in total. The van der Waals surface area contributed by atoms with Crippen LogP contribution in [0.15, 0.2) is 115 Å². The van der Waals surface area contributed by atoms with Crippen LogP contribution in [0, 0.1) is 5.92 Å². The number of amides is 4. The quantitative estimate of drug-likeness (QED) is 0.277. The van der Waals surface area contributed by atoms with E-state index in [0.717, 1.165) is 0 Å². The molecule has 5 rings (SSSR count). The highest BCUT2D eigenvalue weighted by Gasteiger charge is 2.43. The first-order valence-corrected chi connectivity index (χ1v) is 13.9. The molecule has 0 spiro atoms. The fourth-order valence-corrected chi connectivity index (χ4v) is 5.20. The van der Waals surface area contributed by atoms with Gasteiger partial charge in [0.25, 0.3) is 0 Å². The Balaban J connectivity index is 1.56. The topological polar surface area (TPSA) is 90.0 Å². The summed E-state index contributed by atoms with van der Waals surface area (Å²) in [6, 6.07) is 33.9. The molecule has 1 atom stereocenters. The minimum absolute atomic E-state index is 0.188. The molecular weight excluding hydrogens is 528 g/mol. The van der Waals surface area contributed by atoms with Crippen LogP contribution < -0.4 is 20.0 Å². The Morgan fingerprint density at radius 2 is 1.29 bits per heavy atom. The third kappa shape index (κ3) is 5.93. The van der Waals surface area contributed by atoms with E-state index in [0.29, 0.717) is 28.4 Å². The first-order valence-electron chi connectivity index (χ1n) is 13.9. The van der Waals surface area contributed by atoms with Crippen LogP contribution in [0.1, 0.15) is 20.3 Å². The Morgan fingerprint density at radius 1 is 0.738 bits per heavy atom. The standard InChI is InChI=1S/C34H32N4O4/c1-24(2)37(26-16-8-4-9-17-26)32(40)23-36-29-20-12-13-21-30(29)38(27-18-10-5-11-19-27)34(42)28(33(36)41)22-31(39)35-25-14-6-3-7-15-25/h3-21,24,28H,22-23H2,1-2H3,(H,35,39). The van der Waals surface area contributed by atoms with Crippen molar-refractivity contribution in [1.82, 2.24) is 0 Å². The SMILES string of the molecule is CC(C)N(C(=O)CN1C(=O)C(CC(=O)Nc2ccccc2)C(=O)N(c2ccccc2)c2ccccc21)c1ccccc1. The van der Waals surface area contributed by atoms with E-state index in [2.05, 4.69) is 5.32 Å². The van der Waals surface area contributed by atoms with Gasteiger partial charge < -0.3 is 15.1 Å². The third-order valence-corrected chi connectivity index (χ3v) is 7.07. The Bertz CT molecular complexity index is 1580. The van der Waals surface area contributed by atoms with Crippen molar-refractivity contribution >= 4 is 52.1 Å². The van der Waals surface area contributed by atoms with Gasteiger partial charge >= 0.3 is 0 Å². The molecule has 4 aromatic carbocycles. The molecule has 212 valence electrons. The lowest BCUT2D eigenvalue weighted by molar-refractivity contribution is -0.135. The van der Waals surface area contributed by atoms with Crippen LogP contribution in [0.2, 0.25) is 0 Å². The molecule has 0 aromatic heterocycles. The lowest BCUT2D eigenvalue weighted by Gasteiger charge is -2.31. The summed E-state index contributed by atoms with van der Waals surface area (Å²) in [7, 11) is 0. The van der Waals surface area contributed by atoms with E-state index < -0.39 is 23.6 Å². The molecule has 42 heavy (non-hydrogen) atoms. The summed E-state index contributed by atoms with van der Waals surface area (Å²) < 4.78 is 0. The normalized spacial score (nSPS) is 14.8. The van der Waals surface area contributed by atoms with Gasteiger partial charge in [0.05, 0.1) is 11.4 Å². The fraction of sp³-hybridized carbons (Fsp3) is 0.176. The predicted octanol–water partition coefficient (Wildman–Crippen LogP) is 5.78. The number of nitrogens with one attached hydrogen (secondary N) is 1. The van der Waals surface area contributed by atoms with Crippen LogP contribution in [0.5, 0.6) is 0 Å². The second-order valence-corrected chi connectivity index (χ2v) is 10.3. The molecule has 1 unspecified atom stereocenters. The summed E-state index contributed by atoms with van der Waals surface area (Å²) in [6.45, 7) is 3.50. The molecule has 0 bridgehead atoms. The van der Waals surface area contributed by atoms with Crippen molar-refractivity contribution in [2.45, 2.75) is 26.3 Å². The highest BCUT2D eigenvalue weighted by atomic mass is 16.2. The van der Waals surface area contributed by atoms with Crippen LogP contribution in [-0.4, -0.2) is 36.2 Å². The maximum atomic E-state index is 14.3. The smallest absolute Gasteiger partial charge is 0.247 e. The van der Waals surface area contributed by atoms with Crippen LogP contribution >= 0.6 is 0 Å². The van der Waals surface area contributed by atoms with E-state index in [9.17, 15) is 19.2 Å². The van der Waals surface area contributed by atoms with Gasteiger partial charge in [0, 0.05) is 29.5 Å². The van der Waals surface area contributed by atoms with Crippen molar-refractivity contribution in [3.8, 4) is 0 Å². The Hall–Kier alpha value is -5.24. The number of fused-ring (bicyclic) bond motifs is 1. The fourth-order valence-electron chi connectivity index (χ4n) is 5.20. The number of carbonyl (C=O) groups is 4. The summed E-state index contributed by atoms with van der Waals surface area (Å²) >= 11 is 0. The van der Waals surface area contributed by atoms with E-state index >= 15 is 0 Å². The average Bonchev–Trinajstić information content (AvgIpc) is 3.07. The highest BCUT2D eigenvalue weighted by molar-refractivity contribution is 6.22. The molecule has 0 fully saturated rings. The maximum absolute atomic E-state index is 14.3. The molecular formula is C34H32N4O4. The van der Waals surface area contributed by atoms with E-state index in [1.807, 2.05) is 56.3 Å². The second-order valence-electron chi connectivity index (χ2n) is 10.3. The zero-order valence-corrected chi connectivity index (χ0v) is 23.5. The van der Waals surface area contributed by atoms with Gasteiger partial charge in [-0.2, -0.15) is 0 Å². The molecule has 0 radical (unpaired) electrons. The van der Waals surface area contributed by atoms with Crippen molar-refractivity contribution in [3.63, 3.8) is 0 Å². The number of benzene rings is 4. The number of hydrogen-bond donors (Lipinski definition) is 1. The molecule has 0 saturated heterocycles. The zero-order chi connectivity index (χ0) is 29.6. The van der Waals surface area contributed by atoms with Crippen molar-refractivity contribution in [3.05, 3.63) is 115 Å². The van der Waals surface area contributed by atoms with Gasteiger partial charge in [-0.3, -0.25) is 24.1 Å². The van der Waals surface area contributed by atoms with Crippen molar-refractivity contribution in [1.29, 1.82) is 0 Å². The molecule has 1 N–H and O–H groups in total. The molecule has 0 saturated carbocycles. The van der Waals surface area contributed by atoms with Gasteiger partial charge in [-0.05, 0) is 62.4 Å². The van der Waals surface area contributed by atoms with Crippen molar-refractivity contribution < 1.29 is 19.2 Å². The first kappa shape index (κ1) is 28.3. The number of carbonyl (C=O) groups excluding carboxylic acids is 4. The minimum Gasteiger partial charge on any atom is -0.326 e. The molecule has 4 aromatic rings. The van der Waals surface area contributed by atoms with Crippen molar-refractivity contribution in [2.24, 2.45) is 5.92 Å². The lowest BCUT2D eigenvalue weighted by atomic mass is 10.0. The molecule has 1 heterocycles. The van der Waals surface area contributed by atoms with E-state index in [-0.39, 0.29) is 24.9 Å². The predicted molar refractivity (Wildman–Crippen MR) is 165 cm³/mol. The molecule has 4 amide bonds. The summed E-state index contributed by atoms with van der Waals surface area (Å²) in [5, 5.41) is 2.78. The summed E-state index contributed by atoms with van der Waals surface area (Å²) in [5.41, 5.74) is 2.68. The maximum Gasteiger partial charge on any atom is 0.247 e. The lowest BCUT2D eigenvalue weighted by Crippen LogP contribution is -2.48. The summed E-state index contributed by atoms with van der Waals surface area (Å²) in [4.78, 5) is 60.0. The van der Waals surface area contributed by atoms with Gasteiger partial charge in [0.15, 0.2) is 0 Å². The van der Waals surface area contributed by atoms with Crippen LogP contribution in [-0.2, 0) is 19.2 Å². The number of anilines is 5. The molecule has 0 aliphatic carbocycles. The van der Waals surface area contributed by atoms with E-state index in [1.165, 1.54) is 9.80 Å². The zero-order valence-electron chi connectivity index (χ0n) is 23.5. The number of rotatable bonds is 8. The van der Waals surface area contributed by atoms with Crippen molar-refractivity contribution in [2.75, 3.05) is 26.6 Å². The summed E-state index contributed by atoms with van der Waals surface area (Å²) in [6.07, 6.45) is -0.388. The van der Waals surface area contributed by atoms with Gasteiger partial charge in [-0.25, -0.2) is 0 Å².